The van der Waals surface area contributed by atoms with E-state index in [0.717, 1.165) is 55.6 Å². The van der Waals surface area contributed by atoms with Crippen LogP contribution in [0.4, 0.5) is 0 Å². The molecular formula is C31H52O3. The van der Waals surface area contributed by atoms with Crippen LogP contribution in [0.3, 0.4) is 0 Å². The Bertz CT molecular complexity index is 744. The molecule has 3 saturated carbocycles. The third-order valence-electron chi connectivity index (χ3n) is 9.72. The van der Waals surface area contributed by atoms with E-state index in [4.69, 9.17) is 0 Å². The molecule has 0 bridgehead atoms. The van der Waals surface area contributed by atoms with Crippen molar-refractivity contribution in [1.29, 1.82) is 0 Å². The highest BCUT2D eigenvalue weighted by Crippen LogP contribution is 2.60. The summed E-state index contributed by atoms with van der Waals surface area (Å²) in [5.41, 5.74) is 3.28. The molecule has 6 atom stereocenters. The average Bonchev–Trinajstić information content (AvgIpc) is 3.13. The number of allylic oxidation sites excluding steroid dienone is 3. The molecule has 3 fully saturated rings. The molecule has 0 aromatic heterocycles. The van der Waals surface area contributed by atoms with Crippen molar-refractivity contribution < 1.29 is 15.3 Å². The molecule has 0 aromatic carbocycles. The van der Waals surface area contributed by atoms with E-state index < -0.39 is 17.8 Å². The topological polar surface area (TPSA) is 60.7 Å². The third-order valence-corrected chi connectivity index (χ3v) is 9.72. The average molecular weight is 473 g/mol. The number of rotatable bonds is 10. The molecule has 3 N–H and O–H groups in total. The molecule has 0 amide bonds. The van der Waals surface area contributed by atoms with Gasteiger partial charge < -0.3 is 15.3 Å². The molecule has 0 saturated heterocycles. The van der Waals surface area contributed by atoms with E-state index in [1.807, 2.05) is 0 Å². The van der Waals surface area contributed by atoms with Gasteiger partial charge in [-0.25, -0.2) is 0 Å². The number of aliphatic hydroxyl groups excluding tert-OH is 2. The molecule has 0 heterocycles. The van der Waals surface area contributed by atoms with Crippen molar-refractivity contribution in [3.8, 4) is 0 Å². The highest BCUT2D eigenvalue weighted by atomic mass is 16.3. The van der Waals surface area contributed by atoms with Gasteiger partial charge in [-0.1, -0.05) is 77.7 Å². The fourth-order valence-electron chi connectivity index (χ4n) is 7.94. The van der Waals surface area contributed by atoms with E-state index in [1.165, 1.54) is 38.5 Å². The van der Waals surface area contributed by atoms with Crippen LogP contribution in [0, 0.1) is 23.2 Å². The van der Waals surface area contributed by atoms with Gasteiger partial charge in [0.25, 0.3) is 0 Å². The van der Waals surface area contributed by atoms with Gasteiger partial charge in [0.1, 0.15) is 0 Å². The van der Waals surface area contributed by atoms with Gasteiger partial charge in [0.2, 0.25) is 0 Å². The molecule has 3 nitrogen and oxygen atoms in total. The van der Waals surface area contributed by atoms with Gasteiger partial charge >= 0.3 is 0 Å². The Morgan fingerprint density at radius 1 is 1.12 bits per heavy atom. The van der Waals surface area contributed by atoms with Gasteiger partial charge in [0.05, 0.1) is 17.8 Å². The predicted octanol–water partition coefficient (Wildman–Crippen LogP) is 7.27. The summed E-state index contributed by atoms with van der Waals surface area (Å²) in [5, 5.41) is 31.3. The number of hydrogen-bond acceptors (Lipinski definition) is 3. The largest absolute Gasteiger partial charge is 0.393 e. The molecule has 3 aliphatic carbocycles. The third kappa shape index (κ3) is 6.26. The van der Waals surface area contributed by atoms with Gasteiger partial charge in [0, 0.05) is 6.42 Å². The van der Waals surface area contributed by atoms with Crippen LogP contribution in [0.1, 0.15) is 118 Å². The summed E-state index contributed by atoms with van der Waals surface area (Å²) in [5.74, 6) is 2.10. The lowest BCUT2D eigenvalue weighted by Gasteiger charge is -2.44. The van der Waals surface area contributed by atoms with Gasteiger partial charge in [-0.05, 0) is 92.1 Å². The Balaban J connectivity index is 1.65. The molecule has 0 unspecified atom stereocenters. The second-order valence-electron chi connectivity index (χ2n) is 12.3. The van der Waals surface area contributed by atoms with Crippen LogP contribution in [-0.2, 0) is 0 Å². The highest BCUT2D eigenvalue weighted by Gasteiger charge is 2.50. The van der Waals surface area contributed by atoms with E-state index in [2.05, 4.69) is 46.4 Å². The minimum Gasteiger partial charge on any atom is -0.393 e. The second-order valence-corrected chi connectivity index (χ2v) is 12.3. The van der Waals surface area contributed by atoms with E-state index >= 15 is 0 Å². The van der Waals surface area contributed by atoms with Gasteiger partial charge in [0.15, 0.2) is 0 Å². The summed E-state index contributed by atoms with van der Waals surface area (Å²) in [6, 6.07) is 0. The molecule has 0 spiro atoms. The maximum atomic E-state index is 11.0. The van der Waals surface area contributed by atoms with Crippen LogP contribution in [0.15, 0.2) is 35.5 Å². The normalized spacial score (nSPS) is 35.7. The first-order valence-electron chi connectivity index (χ1n) is 14.3. The summed E-state index contributed by atoms with van der Waals surface area (Å²) >= 11 is 0. The van der Waals surface area contributed by atoms with E-state index in [9.17, 15) is 15.3 Å². The Kier molecular flexibility index (Phi) is 9.68. The summed E-state index contributed by atoms with van der Waals surface area (Å²) in [7, 11) is 0. The lowest BCUT2D eigenvalue weighted by Crippen LogP contribution is -2.36. The summed E-state index contributed by atoms with van der Waals surface area (Å²) in [6.45, 7) is 13.5. The molecule has 3 heteroatoms. The summed E-state index contributed by atoms with van der Waals surface area (Å²) < 4.78 is 0. The maximum Gasteiger partial charge on any atom is 0.0811 e. The van der Waals surface area contributed by atoms with E-state index in [1.54, 1.807) is 5.57 Å². The van der Waals surface area contributed by atoms with Crippen LogP contribution in [0.2, 0.25) is 0 Å². The standard InChI is InChI=1S/C31H52O3/c1-6-16-31(34,17-7-2)19-8-10-22(3)27-14-15-28-24(11-9-18-30(27,28)5)12-13-25-20-26(32)21-29(33)23(25)4/h12-13,22,26-29,32-34H,4,6-11,14-21H2,1-3,5H3/b24-12+,25-13-/t22-,26-,27-,28+,29+,30-/m1/s1. The van der Waals surface area contributed by atoms with E-state index in [0.29, 0.717) is 30.1 Å². The van der Waals surface area contributed by atoms with Crippen molar-refractivity contribution in [2.75, 3.05) is 0 Å². The zero-order valence-electron chi connectivity index (χ0n) is 22.5. The SMILES string of the molecule is C=C1/C(=C\C=C2/CCC[C@]3(C)[C@@H]([C@H](C)CCCC(O)(CCC)CCC)CC[C@@H]23)C[C@@H](O)C[C@@H]1O. The van der Waals surface area contributed by atoms with Crippen molar-refractivity contribution >= 4 is 0 Å². The molecule has 3 rings (SSSR count). The summed E-state index contributed by atoms with van der Waals surface area (Å²) in [4.78, 5) is 0. The van der Waals surface area contributed by atoms with Crippen molar-refractivity contribution in [3.63, 3.8) is 0 Å². The smallest absolute Gasteiger partial charge is 0.0811 e. The Hall–Kier alpha value is -0.900. The molecule has 194 valence electrons. The fourth-order valence-corrected chi connectivity index (χ4v) is 7.94. The molecule has 34 heavy (non-hydrogen) atoms. The van der Waals surface area contributed by atoms with Crippen molar-refractivity contribution in [2.45, 2.75) is 135 Å². The van der Waals surface area contributed by atoms with Gasteiger partial charge in [-0.3, -0.25) is 0 Å². The minimum absolute atomic E-state index is 0.369. The van der Waals surface area contributed by atoms with Crippen molar-refractivity contribution in [1.82, 2.24) is 0 Å². The molecular weight excluding hydrogens is 420 g/mol. The first-order valence-corrected chi connectivity index (χ1v) is 14.3. The lowest BCUT2D eigenvalue weighted by molar-refractivity contribution is 0.00771. The Labute approximate surface area is 209 Å². The van der Waals surface area contributed by atoms with Crippen molar-refractivity contribution in [2.24, 2.45) is 23.2 Å². The van der Waals surface area contributed by atoms with Gasteiger partial charge in [-0.15, -0.1) is 0 Å². The zero-order chi connectivity index (χ0) is 24.9. The van der Waals surface area contributed by atoms with Crippen LogP contribution >= 0.6 is 0 Å². The molecule has 0 radical (unpaired) electrons. The number of aliphatic hydroxyl groups is 3. The monoisotopic (exact) mass is 472 g/mol. The minimum atomic E-state index is -0.617. The highest BCUT2D eigenvalue weighted by molar-refractivity contribution is 5.38. The Morgan fingerprint density at radius 2 is 1.82 bits per heavy atom. The predicted molar refractivity (Wildman–Crippen MR) is 143 cm³/mol. The first-order chi connectivity index (χ1) is 16.1. The summed E-state index contributed by atoms with van der Waals surface area (Å²) in [6.07, 6.45) is 18.0. The van der Waals surface area contributed by atoms with Gasteiger partial charge in [-0.2, -0.15) is 0 Å². The van der Waals surface area contributed by atoms with Crippen LogP contribution < -0.4 is 0 Å². The second kappa shape index (κ2) is 11.9. The van der Waals surface area contributed by atoms with E-state index in [-0.39, 0.29) is 0 Å². The molecule has 0 aromatic rings. The number of fused-ring (bicyclic) bond motifs is 1. The van der Waals surface area contributed by atoms with Crippen molar-refractivity contribution in [3.05, 3.63) is 35.5 Å². The van der Waals surface area contributed by atoms with Crippen LogP contribution in [-0.4, -0.2) is 33.1 Å². The lowest BCUT2D eigenvalue weighted by atomic mass is 9.60. The quantitative estimate of drug-likeness (QED) is 0.313. The molecule has 3 aliphatic rings. The van der Waals surface area contributed by atoms with Crippen LogP contribution in [0.5, 0.6) is 0 Å². The number of hydrogen-bond donors (Lipinski definition) is 3. The molecule has 0 aliphatic heterocycles. The van der Waals surface area contributed by atoms with Crippen LogP contribution in [0.25, 0.3) is 0 Å². The Morgan fingerprint density at radius 3 is 2.50 bits per heavy atom. The first kappa shape index (κ1) is 27.7. The maximum absolute atomic E-state index is 11.0. The fraction of sp³-hybridized carbons (Fsp3) is 0.806. The zero-order valence-corrected chi connectivity index (χ0v) is 22.5.